The lowest BCUT2D eigenvalue weighted by molar-refractivity contribution is -0.380. The highest BCUT2D eigenvalue weighted by Gasteiger charge is 2.71. The molecule has 1 aromatic carbocycles. The Morgan fingerprint density at radius 2 is 2.00 bits per heavy atom. The number of aliphatic hydroxyl groups is 2. The maximum Gasteiger partial charge on any atom is 0.279 e. The van der Waals surface area contributed by atoms with Crippen LogP contribution in [-0.2, 0) is 19.4 Å². The number of methoxy groups -OCH3 is 1. The summed E-state index contributed by atoms with van der Waals surface area (Å²) in [4.78, 5) is 44.6. The fraction of sp³-hybridized carbons (Fsp3) is 0.630. The third kappa shape index (κ3) is 3.32. The lowest BCUT2D eigenvalue weighted by Crippen LogP contribution is -2.82. The molecule has 0 aliphatic carbocycles. The van der Waals surface area contributed by atoms with Crippen molar-refractivity contribution in [3.63, 3.8) is 0 Å². The van der Waals surface area contributed by atoms with Crippen LogP contribution >= 0.6 is 0 Å². The Labute approximate surface area is 216 Å². The number of piperazine rings is 1. The van der Waals surface area contributed by atoms with Gasteiger partial charge in [-0.1, -0.05) is 11.6 Å². The highest BCUT2D eigenvalue weighted by molar-refractivity contribution is 6.00. The molecule has 4 saturated heterocycles. The van der Waals surface area contributed by atoms with Crippen molar-refractivity contribution in [3.8, 4) is 5.75 Å². The zero-order valence-electron chi connectivity index (χ0n) is 21.9. The summed E-state index contributed by atoms with van der Waals surface area (Å²) in [6.07, 6.45) is 1.22. The van der Waals surface area contributed by atoms with Crippen LogP contribution in [0.4, 0.5) is 5.69 Å². The number of nitrogens with zero attached hydrogens (tertiary/aromatic N) is 3. The first kappa shape index (κ1) is 24.7. The van der Waals surface area contributed by atoms with Crippen LogP contribution in [-0.4, -0.2) is 87.3 Å². The number of aliphatic hydroxyl groups excluding tert-OH is 1. The fourth-order valence-electron chi connectivity index (χ4n) is 7.13. The first-order valence-electron chi connectivity index (χ1n) is 13.0. The van der Waals surface area contributed by atoms with E-state index in [0.717, 1.165) is 16.8 Å². The van der Waals surface area contributed by atoms with Crippen LogP contribution < -0.4 is 9.64 Å². The Balaban J connectivity index is 1.60. The molecule has 2 unspecified atom stereocenters. The van der Waals surface area contributed by atoms with Gasteiger partial charge in [0.1, 0.15) is 23.5 Å². The van der Waals surface area contributed by atoms with Crippen molar-refractivity contribution >= 4 is 17.5 Å². The van der Waals surface area contributed by atoms with Crippen molar-refractivity contribution in [1.29, 1.82) is 0 Å². The van der Waals surface area contributed by atoms with Gasteiger partial charge in [-0.2, -0.15) is 0 Å². The average Bonchev–Trinajstić information content (AvgIpc) is 3.46. The predicted octanol–water partition coefficient (Wildman–Crippen LogP) is 1.66. The number of allylic oxidation sites excluding steroid dienone is 1. The molecule has 5 heterocycles. The highest BCUT2D eigenvalue weighted by Crippen LogP contribution is 2.56. The third-order valence-electron chi connectivity index (χ3n) is 8.58. The van der Waals surface area contributed by atoms with Crippen LogP contribution in [0.1, 0.15) is 58.4 Å². The van der Waals surface area contributed by atoms with Gasteiger partial charge in [-0.25, -0.2) is 9.78 Å². The van der Waals surface area contributed by atoms with Crippen LogP contribution in [0.2, 0.25) is 0 Å². The van der Waals surface area contributed by atoms with E-state index in [1.54, 1.807) is 13.2 Å². The molecule has 7 atom stereocenters. The van der Waals surface area contributed by atoms with E-state index in [4.69, 9.17) is 14.5 Å². The molecule has 0 aromatic heterocycles. The SMILES string of the molecule is COc1ccc2c(c1)N1C3C2[C@H](O)[C@@]2(O)C(=O)N4CCC[C@H]4C(=O)N2[C@H]3CC(C)(C)OO[C@H]1C=C(C)C. The average molecular weight is 514 g/mol. The van der Waals surface area contributed by atoms with Crippen molar-refractivity contribution in [3.05, 3.63) is 35.4 Å². The van der Waals surface area contributed by atoms with E-state index in [2.05, 4.69) is 0 Å². The monoisotopic (exact) mass is 513 g/mol. The molecule has 10 heteroatoms. The first-order chi connectivity index (χ1) is 17.5. The summed E-state index contributed by atoms with van der Waals surface area (Å²) < 4.78 is 5.51. The molecule has 10 nitrogen and oxygen atoms in total. The van der Waals surface area contributed by atoms with Crippen molar-refractivity contribution in [2.75, 3.05) is 18.6 Å². The van der Waals surface area contributed by atoms with Crippen molar-refractivity contribution < 1.29 is 34.3 Å². The minimum atomic E-state index is -2.38. The van der Waals surface area contributed by atoms with E-state index in [0.29, 0.717) is 25.1 Å². The minimum absolute atomic E-state index is 0.290. The second-order valence-electron chi connectivity index (χ2n) is 11.7. The van der Waals surface area contributed by atoms with Gasteiger partial charge < -0.3 is 24.7 Å². The Bertz CT molecular complexity index is 1180. The third-order valence-corrected chi connectivity index (χ3v) is 8.58. The number of benzene rings is 1. The predicted molar refractivity (Wildman–Crippen MR) is 132 cm³/mol. The van der Waals surface area contributed by atoms with Gasteiger partial charge in [0.25, 0.3) is 5.91 Å². The van der Waals surface area contributed by atoms with Crippen molar-refractivity contribution in [2.24, 2.45) is 0 Å². The van der Waals surface area contributed by atoms with Crippen molar-refractivity contribution in [2.45, 2.75) is 94.7 Å². The van der Waals surface area contributed by atoms with Gasteiger partial charge in [-0.3, -0.25) is 14.5 Å². The van der Waals surface area contributed by atoms with Crippen LogP contribution in [0.15, 0.2) is 29.8 Å². The smallest absolute Gasteiger partial charge is 0.279 e. The number of ether oxygens (including phenoxy) is 1. The normalized spacial score (nSPS) is 37.8. The van der Waals surface area contributed by atoms with E-state index in [-0.39, 0.29) is 12.3 Å². The largest absolute Gasteiger partial charge is 0.497 e. The lowest BCUT2D eigenvalue weighted by Gasteiger charge is -2.60. The van der Waals surface area contributed by atoms with Crippen LogP contribution in [0.3, 0.4) is 0 Å². The molecule has 0 radical (unpaired) electrons. The molecule has 5 aliphatic rings. The van der Waals surface area contributed by atoms with E-state index in [1.165, 1.54) is 9.80 Å². The number of hydrogen-bond acceptors (Lipinski definition) is 8. The first-order valence-corrected chi connectivity index (χ1v) is 13.0. The molecule has 0 bridgehead atoms. The molecule has 6 rings (SSSR count). The summed E-state index contributed by atoms with van der Waals surface area (Å²) in [5, 5.41) is 24.0. The quantitative estimate of drug-likeness (QED) is 0.454. The molecule has 0 saturated carbocycles. The molecular weight excluding hydrogens is 478 g/mol. The van der Waals surface area contributed by atoms with Gasteiger partial charge in [0.2, 0.25) is 11.6 Å². The lowest BCUT2D eigenvalue weighted by atomic mass is 9.71. The molecule has 1 aromatic rings. The number of hydrogen-bond donors (Lipinski definition) is 2. The topological polar surface area (TPSA) is 112 Å². The molecule has 37 heavy (non-hydrogen) atoms. The maximum absolute atomic E-state index is 14.0. The maximum atomic E-state index is 14.0. The van der Waals surface area contributed by atoms with Gasteiger partial charge in [0, 0.05) is 30.6 Å². The van der Waals surface area contributed by atoms with Gasteiger partial charge >= 0.3 is 0 Å². The van der Waals surface area contributed by atoms with E-state index in [1.807, 2.05) is 50.8 Å². The van der Waals surface area contributed by atoms with Gasteiger partial charge in [0.15, 0.2) is 6.23 Å². The highest BCUT2D eigenvalue weighted by atomic mass is 17.2. The molecule has 200 valence electrons. The number of anilines is 1. The van der Waals surface area contributed by atoms with Crippen LogP contribution in [0.5, 0.6) is 5.75 Å². The zero-order chi connectivity index (χ0) is 26.4. The molecule has 5 aliphatic heterocycles. The van der Waals surface area contributed by atoms with Crippen molar-refractivity contribution in [1.82, 2.24) is 9.80 Å². The number of fused-ring (bicyclic) bond motifs is 6. The Morgan fingerprint density at radius 1 is 1.24 bits per heavy atom. The van der Waals surface area contributed by atoms with E-state index in [9.17, 15) is 19.8 Å². The summed E-state index contributed by atoms with van der Waals surface area (Å²) >= 11 is 0. The molecule has 2 N–H and O–H groups in total. The number of rotatable bonds is 2. The Kier molecular flexibility index (Phi) is 5.44. The van der Waals surface area contributed by atoms with Gasteiger partial charge in [-0.15, -0.1) is 0 Å². The number of carbonyl (C=O) groups excluding carboxylic acids is 2. The second-order valence-corrected chi connectivity index (χ2v) is 11.7. The summed E-state index contributed by atoms with van der Waals surface area (Å²) in [5.74, 6) is -0.973. The minimum Gasteiger partial charge on any atom is -0.497 e. The van der Waals surface area contributed by atoms with Crippen LogP contribution in [0, 0.1) is 0 Å². The summed E-state index contributed by atoms with van der Waals surface area (Å²) in [6, 6.07) is 3.78. The number of piperidine rings is 1. The summed E-state index contributed by atoms with van der Waals surface area (Å²) in [5.41, 5.74) is -0.723. The van der Waals surface area contributed by atoms with E-state index < -0.39 is 53.6 Å². The molecule has 0 spiro atoms. The second kappa shape index (κ2) is 8.17. The Hall–Kier alpha value is -2.66. The summed E-state index contributed by atoms with van der Waals surface area (Å²) in [6.45, 7) is 8.04. The molecule has 2 amide bonds. The zero-order valence-corrected chi connectivity index (χ0v) is 21.9. The van der Waals surface area contributed by atoms with E-state index >= 15 is 0 Å². The number of carbonyl (C=O) groups is 2. The fourth-order valence-corrected chi connectivity index (χ4v) is 7.13. The number of amides is 2. The molecule has 4 fully saturated rings. The molecular formula is C27H35N3O7. The van der Waals surface area contributed by atoms with Crippen LogP contribution in [0.25, 0.3) is 0 Å². The van der Waals surface area contributed by atoms with Gasteiger partial charge in [0.05, 0.1) is 19.2 Å². The summed E-state index contributed by atoms with van der Waals surface area (Å²) in [7, 11) is 1.58. The van der Waals surface area contributed by atoms with Gasteiger partial charge in [-0.05, 0) is 58.2 Å². The standard InChI is InChI=1S/C27H35N3O7/c1-14(2)11-20-29-18-12-15(35-5)8-9-16(18)21-22(29)19(13-26(3,4)37-36-20)30-24(32)17-7-6-10-28(17)25(33)27(30,34)23(21)31/h8-9,11-12,17,19-23,31,34H,6-7,10,13H2,1-5H3/t17-,19-,20-,21?,22?,23-,27+/m0/s1. The Morgan fingerprint density at radius 3 is 2.70 bits per heavy atom.